The molecule has 6 nitrogen and oxygen atoms in total. The van der Waals surface area contributed by atoms with E-state index in [1.165, 1.54) is 5.56 Å². The van der Waals surface area contributed by atoms with Crippen LogP contribution in [0, 0.1) is 6.92 Å². The van der Waals surface area contributed by atoms with Crippen molar-refractivity contribution in [3.05, 3.63) is 47.7 Å². The molecule has 1 aromatic heterocycles. The summed E-state index contributed by atoms with van der Waals surface area (Å²) < 4.78 is 23.5. The van der Waals surface area contributed by atoms with E-state index in [-0.39, 0.29) is 17.5 Å². The van der Waals surface area contributed by atoms with Crippen LogP contribution in [0.4, 0.5) is 11.8 Å². The molecular weight excluding hydrogens is 348 g/mol. The average Bonchev–Trinajstić information content (AvgIpc) is 2.98. The van der Waals surface area contributed by atoms with E-state index in [0.717, 1.165) is 30.9 Å². The van der Waals surface area contributed by atoms with Crippen LogP contribution in [0.15, 0.2) is 36.4 Å². The minimum Gasteiger partial charge on any atom is -0.355 e. The lowest BCUT2D eigenvalue weighted by molar-refractivity contribution is 0.600. The molecule has 0 bridgehead atoms. The number of benzene rings is 1. The Morgan fingerprint density at radius 2 is 2.00 bits per heavy atom. The minimum absolute atomic E-state index is 0.0137. The molecule has 0 aliphatic carbocycles. The van der Waals surface area contributed by atoms with Gasteiger partial charge in [0, 0.05) is 31.4 Å². The van der Waals surface area contributed by atoms with Crippen LogP contribution in [0.25, 0.3) is 0 Å². The molecule has 0 radical (unpaired) electrons. The van der Waals surface area contributed by atoms with Gasteiger partial charge in [-0.3, -0.25) is 0 Å². The topological polar surface area (TPSA) is 75.2 Å². The quantitative estimate of drug-likeness (QED) is 0.751. The summed E-state index contributed by atoms with van der Waals surface area (Å²) in [4.78, 5) is 11.0. The van der Waals surface area contributed by atoms with Crippen LogP contribution < -0.4 is 10.2 Å². The van der Waals surface area contributed by atoms with E-state index in [9.17, 15) is 8.42 Å². The number of sulfone groups is 1. The van der Waals surface area contributed by atoms with Crippen molar-refractivity contribution in [3.8, 4) is 0 Å². The van der Waals surface area contributed by atoms with Gasteiger partial charge in [0.2, 0.25) is 5.95 Å². The zero-order valence-electron chi connectivity index (χ0n) is 15.4. The molecule has 1 aliphatic rings. The van der Waals surface area contributed by atoms with Gasteiger partial charge < -0.3 is 10.2 Å². The van der Waals surface area contributed by atoms with Crippen molar-refractivity contribution in [2.75, 3.05) is 35.3 Å². The normalized spacial score (nSPS) is 18.6. The number of rotatable bonds is 7. The molecule has 1 fully saturated rings. The Labute approximate surface area is 155 Å². The van der Waals surface area contributed by atoms with Crippen molar-refractivity contribution in [3.63, 3.8) is 0 Å². The number of aryl methyl sites for hydroxylation is 2. The molecule has 1 unspecified atom stereocenters. The first-order valence-electron chi connectivity index (χ1n) is 9.00. The second kappa shape index (κ2) is 8.03. The molecule has 26 heavy (non-hydrogen) atoms. The molecule has 0 saturated carbocycles. The second-order valence-corrected chi connectivity index (χ2v) is 9.10. The van der Waals surface area contributed by atoms with Gasteiger partial charge in [-0.05, 0) is 31.7 Å². The summed E-state index contributed by atoms with van der Waals surface area (Å²) >= 11 is 0. The van der Waals surface area contributed by atoms with Crippen molar-refractivity contribution >= 4 is 21.6 Å². The predicted octanol–water partition coefficient (Wildman–Crippen LogP) is 2.45. The molecule has 1 aromatic carbocycles. The van der Waals surface area contributed by atoms with E-state index < -0.39 is 9.84 Å². The van der Waals surface area contributed by atoms with E-state index in [1.807, 2.05) is 31.0 Å². The third-order valence-corrected chi connectivity index (χ3v) is 6.48. The maximum Gasteiger partial charge on any atom is 0.224 e. The van der Waals surface area contributed by atoms with Gasteiger partial charge >= 0.3 is 0 Å². The third kappa shape index (κ3) is 4.94. The molecular formula is C19H26N4O2S. The number of nitrogens with one attached hydrogen (secondary N) is 1. The van der Waals surface area contributed by atoms with Crippen LogP contribution in [-0.2, 0) is 16.3 Å². The first-order chi connectivity index (χ1) is 12.4. The van der Waals surface area contributed by atoms with Gasteiger partial charge in [0.05, 0.1) is 11.5 Å². The molecule has 1 saturated heterocycles. The molecule has 0 spiro atoms. The Bertz CT molecular complexity index is 840. The van der Waals surface area contributed by atoms with Crippen molar-refractivity contribution in [1.82, 2.24) is 9.97 Å². The Hall–Kier alpha value is -2.15. The number of hydrogen-bond acceptors (Lipinski definition) is 6. The fourth-order valence-electron chi connectivity index (χ4n) is 3.22. The number of anilines is 2. The molecule has 3 rings (SSSR count). The SMILES string of the molecule is Cc1cc(N(C)C2CCS(=O)(=O)C2)nc(NCCCc2ccccc2)n1. The largest absolute Gasteiger partial charge is 0.355 e. The predicted molar refractivity (Wildman–Crippen MR) is 105 cm³/mol. The highest BCUT2D eigenvalue weighted by molar-refractivity contribution is 7.91. The van der Waals surface area contributed by atoms with Crippen molar-refractivity contribution in [2.45, 2.75) is 32.2 Å². The summed E-state index contributed by atoms with van der Waals surface area (Å²) in [5, 5.41) is 3.29. The smallest absolute Gasteiger partial charge is 0.224 e. The molecule has 140 valence electrons. The second-order valence-electron chi connectivity index (χ2n) is 6.87. The lowest BCUT2D eigenvalue weighted by Gasteiger charge is -2.25. The van der Waals surface area contributed by atoms with Crippen LogP contribution in [0.3, 0.4) is 0 Å². The summed E-state index contributed by atoms with van der Waals surface area (Å²) in [5.41, 5.74) is 2.19. The molecule has 2 aromatic rings. The van der Waals surface area contributed by atoms with E-state index in [4.69, 9.17) is 0 Å². The summed E-state index contributed by atoms with van der Waals surface area (Å²) in [6, 6.07) is 12.3. The standard InChI is InChI=1S/C19H26N4O2S/c1-15-13-18(23(2)17-10-12-26(24,25)14-17)22-19(21-15)20-11-6-9-16-7-4-3-5-8-16/h3-5,7-8,13,17H,6,9-12,14H2,1-2H3,(H,20,21,22). The van der Waals surface area contributed by atoms with Gasteiger partial charge in [-0.1, -0.05) is 30.3 Å². The third-order valence-electron chi connectivity index (χ3n) is 4.73. The minimum atomic E-state index is -2.91. The Kier molecular flexibility index (Phi) is 5.76. The van der Waals surface area contributed by atoms with Gasteiger partial charge in [-0.25, -0.2) is 13.4 Å². The summed E-state index contributed by atoms with van der Waals surface area (Å²) in [6.07, 6.45) is 2.65. The molecule has 0 amide bonds. The van der Waals surface area contributed by atoms with E-state index in [1.54, 1.807) is 0 Å². The zero-order chi connectivity index (χ0) is 18.6. The lowest BCUT2D eigenvalue weighted by atomic mass is 10.1. The number of aromatic nitrogens is 2. The fraction of sp³-hybridized carbons (Fsp3) is 0.474. The number of nitrogens with zero attached hydrogens (tertiary/aromatic N) is 3. The maximum absolute atomic E-state index is 11.7. The van der Waals surface area contributed by atoms with Crippen LogP contribution in [0.2, 0.25) is 0 Å². The Morgan fingerprint density at radius 3 is 2.69 bits per heavy atom. The summed E-state index contributed by atoms with van der Waals surface area (Å²) in [7, 11) is -1.00. The van der Waals surface area contributed by atoms with Gasteiger partial charge in [0.15, 0.2) is 9.84 Å². The Morgan fingerprint density at radius 1 is 1.23 bits per heavy atom. The number of hydrogen-bond donors (Lipinski definition) is 1. The van der Waals surface area contributed by atoms with Crippen molar-refractivity contribution in [2.24, 2.45) is 0 Å². The van der Waals surface area contributed by atoms with Crippen LogP contribution in [-0.4, -0.2) is 49.5 Å². The fourth-order valence-corrected chi connectivity index (χ4v) is 4.99. The highest BCUT2D eigenvalue weighted by Gasteiger charge is 2.31. The average molecular weight is 375 g/mol. The molecule has 1 aliphatic heterocycles. The van der Waals surface area contributed by atoms with Crippen molar-refractivity contribution < 1.29 is 8.42 Å². The molecule has 2 heterocycles. The molecule has 1 atom stereocenters. The summed E-state index contributed by atoms with van der Waals surface area (Å²) in [5.74, 6) is 1.83. The van der Waals surface area contributed by atoms with Gasteiger partial charge in [0.1, 0.15) is 5.82 Å². The zero-order valence-corrected chi connectivity index (χ0v) is 16.2. The van der Waals surface area contributed by atoms with E-state index in [0.29, 0.717) is 12.4 Å². The van der Waals surface area contributed by atoms with Gasteiger partial charge in [-0.15, -0.1) is 0 Å². The van der Waals surface area contributed by atoms with Crippen LogP contribution in [0.1, 0.15) is 24.1 Å². The van der Waals surface area contributed by atoms with Gasteiger partial charge in [0.25, 0.3) is 0 Å². The van der Waals surface area contributed by atoms with Crippen molar-refractivity contribution in [1.29, 1.82) is 0 Å². The Balaban J connectivity index is 1.58. The highest BCUT2D eigenvalue weighted by Crippen LogP contribution is 2.22. The van der Waals surface area contributed by atoms with E-state index >= 15 is 0 Å². The first kappa shape index (κ1) is 18.6. The van der Waals surface area contributed by atoms with Gasteiger partial charge in [-0.2, -0.15) is 4.98 Å². The van der Waals surface area contributed by atoms with E-state index in [2.05, 4.69) is 39.6 Å². The highest BCUT2D eigenvalue weighted by atomic mass is 32.2. The summed E-state index contributed by atoms with van der Waals surface area (Å²) in [6.45, 7) is 2.72. The monoisotopic (exact) mass is 374 g/mol. The lowest BCUT2D eigenvalue weighted by Crippen LogP contribution is -2.33. The molecule has 7 heteroatoms. The van der Waals surface area contributed by atoms with Crippen LogP contribution in [0.5, 0.6) is 0 Å². The molecule has 1 N–H and O–H groups in total. The maximum atomic E-state index is 11.7. The van der Waals surface area contributed by atoms with Crippen LogP contribution >= 0.6 is 0 Å². The first-order valence-corrected chi connectivity index (χ1v) is 10.8.